The Morgan fingerprint density at radius 2 is 2.04 bits per heavy atom. The normalized spacial score (nSPS) is 26.4. The topological polar surface area (TPSA) is 78.9 Å². The number of likely N-dealkylation sites (tertiary alicyclic amines) is 1. The summed E-state index contributed by atoms with van der Waals surface area (Å²) in [5.41, 5.74) is 1.08. The number of benzene rings is 1. The fourth-order valence-corrected chi connectivity index (χ4v) is 3.88. The van der Waals surface area contributed by atoms with Crippen molar-refractivity contribution in [3.05, 3.63) is 34.9 Å². The predicted octanol–water partition coefficient (Wildman–Crippen LogP) is 2.58. The number of hydrogen-bond acceptors (Lipinski definition) is 3. The predicted molar refractivity (Wildman–Crippen MR) is 93.8 cm³/mol. The molecular formula is C18H23ClN2O4. The van der Waals surface area contributed by atoms with Gasteiger partial charge in [-0.05, 0) is 30.5 Å². The highest BCUT2D eigenvalue weighted by atomic mass is 35.5. The van der Waals surface area contributed by atoms with Gasteiger partial charge < -0.3 is 20.1 Å². The van der Waals surface area contributed by atoms with E-state index in [2.05, 4.69) is 5.32 Å². The standard InChI is InChI=1S/C18H23ClN2O4/c19-15-5-3-12(4-6-15)16-10-21(9-14(16)8-20-18(23)24)17(22)13-2-1-7-25-11-13/h3-6,13-14,16,20H,1-2,7-11H2,(H,23,24)/t13?,14-,16-/m0/s1. The summed E-state index contributed by atoms with van der Waals surface area (Å²) in [5.74, 6) is 0.186. The average molecular weight is 367 g/mol. The zero-order valence-corrected chi connectivity index (χ0v) is 14.7. The Labute approximate surface area is 152 Å². The SMILES string of the molecule is O=C(O)NC[C@H]1CN(C(=O)C2CCCOC2)C[C@H]1c1ccc(Cl)cc1. The Hall–Kier alpha value is -1.79. The molecule has 0 saturated carbocycles. The van der Waals surface area contributed by atoms with E-state index < -0.39 is 6.09 Å². The summed E-state index contributed by atoms with van der Waals surface area (Å²) in [4.78, 5) is 25.6. The average Bonchev–Trinajstić information content (AvgIpc) is 3.05. The second-order valence-corrected chi connectivity index (χ2v) is 7.20. The molecule has 0 bridgehead atoms. The number of carboxylic acid groups (broad SMARTS) is 1. The zero-order valence-electron chi connectivity index (χ0n) is 14.0. The molecule has 136 valence electrons. The number of carbonyl (C=O) groups is 2. The number of rotatable bonds is 4. The Morgan fingerprint density at radius 1 is 1.28 bits per heavy atom. The van der Waals surface area contributed by atoms with Crippen molar-refractivity contribution in [3.8, 4) is 0 Å². The van der Waals surface area contributed by atoms with Crippen LogP contribution in [0.15, 0.2) is 24.3 Å². The molecule has 0 aliphatic carbocycles. The first-order valence-electron chi connectivity index (χ1n) is 8.63. The first kappa shape index (κ1) is 18.0. The molecule has 2 saturated heterocycles. The summed E-state index contributed by atoms with van der Waals surface area (Å²) in [6, 6.07) is 7.58. The van der Waals surface area contributed by atoms with Crippen LogP contribution in [0, 0.1) is 11.8 Å². The van der Waals surface area contributed by atoms with E-state index in [-0.39, 0.29) is 23.7 Å². The third-order valence-electron chi connectivity index (χ3n) is 5.08. The minimum Gasteiger partial charge on any atom is -0.465 e. The molecule has 6 nitrogen and oxygen atoms in total. The fourth-order valence-electron chi connectivity index (χ4n) is 3.76. The molecule has 3 rings (SSSR count). The minimum absolute atomic E-state index is 0.0470. The number of nitrogens with zero attached hydrogens (tertiary/aromatic N) is 1. The Balaban J connectivity index is 1.73. The van der Waals surface area contributed by atoms with Crippen molar-refractivity contribution in [1.82, 2.24) is 10.2 Å². The maximum atomic E-state index is 12.8. The number of hydrogen-bond donors (Lipinski definition) is 2. The highest BCUT2D eigenvalue weighted by molar-refractivity contribution is 6.30. The van der Waals surface area contributed by atoms with Gasteiger partial charge in [-0.1, -0.05) is 23.7 Å². The van der Waals surface area contributed by atoms with E-state index in [9.17, 15) is 9.59 Å². The van der Waals surface area contributed by atoms with Crippen LogP contribution in [0.2, 0.25) is 5.02 Å². The zero-order chi connectivity index (χ0) is 17.8. The maximum absolute atomic E-state index is 12.8. The van der Waals surface area contributed by atoms with Gasteiger partial charge in [0.25, 0.3) is 0 Å². The first-order valence-corrected chi connectivity index (χ1v) is 9.01. The summed E-state index contributed by atoms with van der Waals surface area (Å²) in [7, 11) is 0. The molecule has 2 aliphatic heterocycles. The summed E-state index contributed by atoms with van der Waals surface area (Å²) in [6.45, 7) is 2.70. The van der Waals surface area contributed by atoms with E-state index in [0.717, 1.165) is 25.0 Å². The van der Waals surface area contributed by atoms with Crippen molar-refractivity contribution < 1.29 is 19.4 Å². The van der Waals surface area contributed by atoms with Crippen LogP contribution in [-0.2, 0) is 9.53 Å². The third-order valence-corrected chi connectivity index (χ3v) is 5.33. The van der Waals surface area contributed by atoms with Crippen LogP contribution in [0.4, 0.5) is 4.79 Å². The van der Waals surface area contributed by atoms with Crippen molar-refractivity contribution in [3.63, 3.8) is 0 Å². The van der Waals surface area contributed by atoms with Gasteiger partial charge in [0.2, 0.25) is 5.91 Å². The molecule has 1 aromatic rings. The number of halogens is 1. The van der Waals surface area contributed by atoms with Crippen molar-refractivity contribution in [2.75, 3.05) is 32.8 Å². The molecule has 2 aliphatic rings. The smallest absolute Gasteiger partial charge is 0.404 e. The molecule has 1 aromatic carbocycles. The van der Waals surface area contributed by atoms with Gasteiger partial charge in [0.15, 0.2) is 0 Å². The number of carbonyl (C=O) groups excluding carboxylic acids is 1. The molecule has 2 heterocycles. The van der Waals surface area contributed by atoms with Crippen LogP contribution in [0.25, 0.3) is 0 Å². The van der Waals surface area contributed by atoms with E-state index in [0.29, 0.717) is 31.3 Å². The van der Waals surface area contributed by atoms with Gasteiger partial charge in [-0.3, -0.25) is 4.79 Å². The van der Waals surface area contributed by atoms with Crippen LogP contribution < -0.4 is 5.32 Å². The van der Waals surface area contributed by atoms with Gasteiger partial charge in [0, 0.05) is 43.1 Å². The highest BCUT2D eigenvalue weighted by Gasteiger charge is 2.38. The second kappa shape index (κ2) is 8.06. The molecule has 0 radical (unpaired) electrons. The lowest BCUT2D eigenvalue weighted by Crippen LogP contribution is -2.39. The minimum atomic E-state index is -1.04. The largest absolute Gasteiger partial charge is 0.465 e. The molecule has 7 heteroatoms. The molecular weight excluding hydrogens is 344 g/mol. The van der Waals surface area contributed by atoms with Crippen molar-refractivity contribution in [2.45, 2.75) is 18.8 Å². The van der Waals surface area contributed by atoms with E-state index in [1.807, 2.05) is 29.2 Å². The number of amides is 2. The van der Waals surface area contributed by atoms with Crippen molar-refractivity contribution >= 4 is 23.6 Å². The number of ether oxygens (including phenoxy) is 1. The van der Waals surface area contributed by atoms with Crippen LogP contribution in [0.3, 0.4) is 0 Å². The van der Waals surface area contributed by atoms with E-state index in [1.54, 1.807) is 0 Å². The fraction of sp³-hybridized carbons (Fsp3) is 0.556. The summed E-state index contributed by atoms with van der Waals surface area (Å²) < 4.78 is 5.44. The summed E-state index contributed by atoms with van der Waals surface area (Å²) in [5, 5.41) is 12.0. The molecule has 25 heavy (non-hydrogen) atoms. The summed E-state index contributed by atoms with van der Waals surface area (Å²) in [6.07, 6.45) is 0.730. The second-order valence-electron chi connectivity index (χ2n) is 6.76. The summed E-state index contributed by atoms with van der Waals surface area (Å²) >= 11 is 5.97. The van der Waals surface area contributed by atoms with Gasteiger partial charge >= 0.3 is 6.09 Å². The Bertz CT molecular complexity index is 616. The highest BCUT2D eigenvalue weighted by Crippen LogP contribution is 2.34. The molecule has 0 spiro atoms. The van der Waals surface area contributed by atoms with Crippen LogP contribution in [0.5, 0.6) is 0 Å². The molecule has 1 unspecified atom stereocenters. The monoisotopic (exact) mass is 366 g/mol. The molecule has 2 amide bonds. The van der Waals surface area contributed by atoms with Crippen molar-refractivity contribution in [2.24, 2.45) is 11.8 Å². The number of nitrogens with one attached hydrogen (secondary N) is 1. The maximum Gasteiger partial charge on any atom is 0.404 e. The molecule has 3 atom stereocenters. The lowest BCUT2D eigenvalue weighted by molar-refractivity contribution is -0.138. The first-order chi connectivity index (χ1) is 12.0. The molecule has 0 aromatic heterocycles. The van der Waals surface area contributed by atoms with Gasteiger partial charge in [-0.2, -0.15) is 0 Å². The van der Waals surface area contributed by atoms with Gasteiger partial charge in [0.1, 0.15) is 0 Å². The van der Waals surface area contributed by atoms with Crippen LogP contribution in [0.1, 0.15) is 24.3 Å². The van der Waals surface area contributed by atoms with Gasteiger partial charge in [-0.15, -0.1) is 0 Å². The van der Waals surface area contributed by atoms with Crippen molar-refractivity contribution in [1.29, 1.82) is 0 Å². The third kappa shape index (κ3) is 4.44. The van der Waals surface area contributed by atoms with Crippen LogP contribution >= 0.6 is 11.6 Å². The molecule has 2 N–H and O–H groups in total. The quantitative estimate of drug-likeness (QED) is 0.858. The Kier molecular flexibility index (Phi) is 5.81. The van der Waals surface area contributed by atoms with Gasteiger partial charge in [-0.25, -0.2) is 4.79 Å². The lowest BCUT2D eigenvalue weighted by Gasteiger charge is -2.26. The Morgan fingerprint density at radius 3 is 2.68 bits per heavy atom. The van der Waals surface area contributed by atoms with Gasteiger partial charge in [0.05, 0.1) is 12.5 Å². The van der Waals surface area contributed by atoms with Crippen LogP contribution in [-0.4, -0.2) is 54.9 Å². The molecule has 2 fully saturated rings. The van der Waals surface area contributed by atoms with E-state index in [4.69, 9.17) is 21.4 Å². The van der Waals surface area contributed by atoms with E-state index >= 15 is 0 Å². The van der Waals surface area contributed by atoms with E-state index in [1.165, 1.54) is 0 Å². The lowest BCUT2D eigenvalue weighted by atomic mass is 9.89.